The van der Waals surface area contributed by atoms with Gasteiger partial charge >= 0.3 is 0 Å². The van der Waals surface area contributed by atoms with Gasteiger partial charge in [-0.2, -0.15) is 0 Å². The fourth-order valence-electron chi connectivity index (χ4n) is 2.57. The lowest BCUT2D eigenvalue weighted by Gasteiger charge is -2.38. The van der Waals surface area contributed by atoms with E-state index in [1.807, 2.05) is 6.92 Å². The zero-order valence-electron chi connectivity index (χ0n) is 8.28. The van der Waals surface area contributed by atoms with E-state index in [0.717, 1.165) is 19.7 Å². The van der Waals surface area contributed by atoms with Crippen LogP contribution >= 0.6 is 0 Å². The van der Waals surface area contributed by atoms with Gasteiger partial charge in [0.15, 0.2) is 0 Å². The van der Waals surface area contributed by atoms with E-state index in [0.29, 0.717) is 12.1 Å². The Balaban J connectivity index is 1.93. The number of rotatable bonds is 2. The molecule has 0 aromatic heterocycles. The van der Waals surface area contributed by atoms with Crippen LogP contribution in [0.3, 0.4) is 0 Å². The molecule has 2 unspecified atom stereocenters. The summed E-state index contributed by atoms with van der Waals surface area (Å²) in [4.78, 5) is 2.39. The minimum Gasteiger partial charge on any atom is -0.392 e. The smallest absolute Gasteiger partial charge is 0.0730 e. The molecule has 2 aliphatic rings. The summed E-state index contributed by atoms with van der Waals surface area (Å²) in [7, 11) is 0. The Morgan fingerprint density at radius 3 is 3.15 bits per heavy atom. The maximum Gasteiger partial charge on any atom is 0.0730 e. The van der Waals surface area contributed by atoms with E-state index < -0.39 is 0 Å². The summed E-state index contributed by atoms with van der Waals surface area (Å²) in [5.41, 5.74) is 0. The predicted molar refractivity (Wildman–Crippen MR) is 50.6 cm³/mol. The summed E-state index contributed by atoms with van der Waals surface area (Å²) in [5.74, 6) is 0. The van der Waals surface area contributed by atoms with E-state index in [1.165, 1.54) is 19.3 Å². The Morgan fingerprint density at radius 2 is 2.38 bits per heavy atom. The maximum absolute atomic E-state index is 9.34. The molecule has 0 aromatic rings. The van der Waals surface area contributed by atoms with Crippen LogP contribution in [0, 0.1) is 0 Å². The largest absolute Gasteiger partial charge is 0.392 e. The van der Waals surface area contributed by atoms with Crippen molar-refractivity contribution in [2.24, 2.45) is 0 Å². The van der Waals surface area contributed by atoms with Crippen molar-refractivity contribution in [2.75, 3.05) is 19.7 Å². The lowest BCUT2D eigenvalue weighted by atomic mass is 10.1. The third-order valence-electron chi connectivity index (χ3n) is 3.10. The van der Waals surface area contributed by atoms with Crippen molar-refractivity contribution in [1.29, 1.82) is 0 Å². The Morgan fingerprint density at radius 1 is 1.54 bits per heavy atom. The first-order valence-electron chi connectivity index (χ1n) is 5.31. The van der Waals surface area contributed by atoms with Gasteiger partial charge in [0.2, 0.25) is 0 Å². The number of aliphatic hydroxyl groups is 1. The molecular weight excluding hydrogens is 166 g/mol. The van der Waals surface area contributed by atoms with Gasteiger partial charge in [-0.05, 0) is 26.2 Å². The summed E-state index contributed by atoms with van der Waals surface area (Å²) in [6.45, 7) is 4.50. The molecule has 2 fully saturated rings. The second-order valence-corrected chi connectivity index (χ2v) is 4.25. The van der Waals surface area contributed by atoms with E-state index in [-0.39, 0.29) is 6.10 Å². The first-order chi connectivity index (χ1) is 6.27. The van der Waals surface area contributed by atoms with Gasteiger partial charge in [-0.25, -0.2) is 0 Å². The van der Waals surface area contributed by atoms with E-state index in [9.17, 15) is 5.11 Å². The summed E-state index contributed by atoms with van der Waals surface area (Å²) < 4.78 is 5.69. The highest BCUT2D eigenvalue weighted by Gasteiger charge is 2.35. The number of nitrogens with zero attached hydrogens (tertiary/aromatic N) is 1. The first-order valence-corrected chi connectivity index (χ1v) is 5.31. The minimum atomic E-state index is -0.209. The second-order valence-electron chi connectivity index (χ2n) is 4.25. The number of ether oxygens (including phenoxy) is 1. The van der Waals surface area contributed by atoms with Crippen molar-refractivity contribution in [1.82, 2.24) is 4.90 Å². The first kappa shape index (κ1) is 9.44. The highest BCUT2D eigenvalue weighted by Crippen LogP contribution is 2.29. The summed E-state index contributed by atoms with van der Waals surface area (Å²) in [6, 6.07) is 0.586. The number of β-amino-alcohol motifs (C(OH)–C–C–N with tert-alkyl or cyclic N) is 1. The average molecular weight is 185 g/mol. The molecule has 0 amide bonds. The minimum absolute atomic E-state index is 0.209. The molecule has 1 aliphatic carbocycles. The molecular formula is C10H19NO2. The molecule has 0 spiro atoms. The molecule has 0 bridgehead atoms. The number of aliphatic hydroxyl groups excluding tert-OH is 1. The van der Waals surface area contributed by atoms with Crippen molar-refractivity contribution in [3.05, 3.63) is 0 Å². The van der Waals surface area contributed by atoms with Crippen LogP contribution in [0.4, 0.5) is 0 Å². The topological polar surface area (TPSA) is 32.7 Å². The van der Waals surface area contributed by atoms with E-state index in [1.54, 1.807) is 0 Å². The number of morpholine rings is 1. The van der Waals surface area contributed by atoms with Gasteiger partial charge in [0, 0.05) is 19.1 Å². The van der Waals surface area contributed by atoms with Crippen molar-refractivity contribution < 1.29 is 9.84 Å². The molecule has 2 rings (SSSR count). The Bertz CT molecular complexity index is 172. The number of hydrogen-bond acceptors (Lipinski definition) is 3. The van der Waals surface area contributed by atoms with E-state index in [2.05, 4.69) is 4.90 Å². The Kier molecular flexibility index (Phi) is 2.86. The van der Waals surface area contributed by atoms with Gasteiger partial charge in [-0.15, -0.1) is 0 Å². The molecule has 13 heavy (non-hydrogen) atoms. The number of hydrogen-bond donors (Lipinski definition) is 1. The van der Waals surface area contributed by atoms with E-state index in [4.69, 9.17) is 4.74 Å². The predicted octanol–water partition coefficient (Wildman–Crippen LogP) is 0.620. The van der Waals surface area contributed by atoms with Gasteiger partial charge in [0.05, 0.1) is 18.8 Å². The van der Waals surface area contributed by atoms with Gasteiger partial charge < -0.3 is 9.84 Å². The summed E-state index contributed by atoms with van der Waals surface area (Å²) >= 11 is 0. The third-order valence-corrected chi connectivity index (χ3v) is 3.10. The van der Waals surface area contributed by atoms with Crippen LogP contribution < -0.4 is 0 Å². The molecule has 1 heterocycles. The molecule has 0 radical (unpaired) electrons. The highest BCUT2D eigenvalue weighted by atomic mass is 16.5. The fourth-order valence-corrected chi connectivity index (χ4v) is 2.57. The van der Waals surface area contributed by atoms with Crippen LogP contribution in [-0.2, 0) is 4.74 Å². The van der Waals surface area contributed by atoms with Crippen molar-refractivity contribution >= 4 is 0 Å². The molecule has 1 saturated heterocycles. The molecule has 3 nitrogen and oxygen atoms in total. The summed E-state index contributed by atoms with van der Waals surface area (Å²) in [6.07, 6.45) is 3.98. The standard InChI is InChI=1S/C10H19NO2/c1-8(12)7-11-5-6-13-10-4-2-3-9(10)11/h8-10,12H,2-7H2,1H3/t8-,9?,10?/m0/s1. The molecule has 3 heteroatoms. The number of fused-ring (bicyclic) bond motifs is 1. The fraction of sp³-hybridized carbons (Fsp3) is 1.00. The highest BCUT2D eigenvalue weighted by molar-refractivity contribution is 4.89. The van der Waals surface area contributed by atoms with Crippen LogP contribution in [0.15, 0.2) is 0 Å². The molecule has 1 N–H and O–H groups in total. The van der Waals surface area contributed by atoms with Gasteiger partial charge in [0.25, 0.3) is 0 Å². The zero-order valence-corrected chi connectivity index (χ0v) is 8.28. The van der Waals surface area contributed by atoms with Crippen molar-refractivity contribution in [3.63, 3.8) is 0 Å². The lowest BCUT2D eigenvalue weighted by Crippen LogP contribution is -2.50. The molecule has 76 valence electrons. The zero-order chi connectivity index (χ0) is 9.26. The molecule has 3 atom stereocenters. The monoisotopic (exact) mass is 185 g/mol. The van der Waals surface area contributed by atoms with Crippen LogP contribution in [0.2, 0.25) is 0 Å². The van der Waals surface area contributed by atoms with Crippen LogP contribution in [0.1, 0.15) is 26.2 Å². The second kappa shape index (κ2) is 3.95. The average Bonchev–Trinajstić information content (AvgIpc) is 2.51. The molecule has 1 saturated carbocycles. The molecule has 0 aromatic carbocycles. The van der Waals surface area contributed by atoms with Crippen LogP contribution in [0.5, 0.6) is 0 Å². The van der Waals surface area contributed by atoms with E-state index >= 15 is 0 Å². The Labute approximate surface area is 79.7 Å². The summed E-state index contributed by atoms with van der Waals surface area (Å²) in [5, 5.41) is 9.34. The quantitative estimate of drug-likeness (QED) is 0.684. The third kappa shape index (κ3) is 2.03. The van der Waals surface area contributed by atoms with Gasteiger partial charge in [0.1, 0.15) is 0 Å². The van der Waals surface area contributed by atoms with Gasteiger partial charge in [-0.1, -0.05) is 0 Å². The maximum atomic E-state index is 9.34. The normalized spacial score (nSPS) is 37.4. The van der Waals surface area contributed by atoms with Gasteiger partial charge in [-0.3, -0.25) is 4.90 Å². The van der Waals surface area contributed by atoms with Crippen molar-refractivity contribution in [2.45, 2.75) is 44.4 Å². The van der Waals surface area contributed by atoms with Crippen molar-refractivity contribution in [3.8, 4) is 0 Å². The lowest BCUT2D eigenvalue weighted by molar-refractivity contribution is -0.0656. The molecule has 1 aliphatic heterocycles. The SMILES string of the molecule is C[C@H](O)CN1CCOC2CCCC21. The van der Waals surface area contributed by atoms with Crippen LogP contribution in [0.25, 0.3) is 0 Å². The Hall–Kier alpha value is -0.120. The van der Waals surface area contributed by atoms with Crippen LogP contribution in [-0.4, -0.2) is 48.0 Å².